The summed E-state index contributed by atoms with van der Waals surface area (Å²) in [7, 11) is 0. The first-order valence-corrected chi connectivity index (χ1v) is 4.79. The summed E-state index contributed by atoms with van der Waals surface area (Å²) in [6.07, 6.45) is 1.66. The van der Waals surface area contributed by atoms with Crippen molar-refractivity contribution in [3.05, 3.63) is 47.1 Å². The van der Waals surface area contributed by atoms with Gasteiger partial charge in [0.2, 0.25) is 0 Å². The maximum Gasteiger partial charge on any atom is 0.141 e. The van der Waals surface area contributed by atoms with Crippen molar-refractivity contribution < 1.29 is 4.39 Å². The lowest BCUT2D eigenvalue weighted by Crippen LogP contribution is -1.90. The molecule has 1 aromatic heterocycles. The van der Waals surface area contributed by atoms with Crippen LogP contribution in [-0.2, 0) is 0 Å². The van der Waals surface area contributed by atoms with Crippen LogP contribution in [0.3, 0.4) is 0 Å². The molecule has 2 nitrogen and oxygen atoms in total. The number of hydrogen-bond donors (Lipinski definition) is 0. The number of rotatable bonds is 1. The second-order valence-electron chi connectivity index (χ2n) is 3.12. The van der Waals surface area contributed by atoms with Crippen molar-refractivity contribution in [2.75, 3.05) is 0 Å². The highest BCUT2D eigenvalue weighted by molar-refractivity contribution is 6.31. The molecule has 1 heterocycles. The van der Waals surface area contributed by atoms with Crippen LogP contribution >= 0.6 is 11.6 Å². The molecular formula is C11H8ClFN2. The lowest BCUT2D eigenvalue weighted by molar-refractivity contribution is 0.628. The van der Waals surface area contributed by atoms with Crippen LogP contribution < -0.4 is 0 Å². The van der Waals surface area contributed by atoms with Gasteiger partial charge in [0.25, 0.3) is 0 Å². The van der Waals surface area contributed by atoms with Crippen LogP contribution in [0.25, 0.3) is 11.3 Å². The number of aromatic nitrogens is 2. The third-order valence-corrected chi connectivity index (χ3v) is 2.28. The zero-order chi connectivity index (χ0) is 10.8. The summed E-state index contributed by atoms with van der Waals surface area (Å²) in [6.45, 7) is 1.80. The molecule has 2 aromatic rings. The highest BCUT2D eigenvalue weighted by Gasteiger charge is 2.04. The van der Waals surface area contributed by atoms with E-state index in [2.05, 4.69) is 9.97 Å². The second kappa shape index (κ2) is 3.95. The molecule has 0 aliphatic rings. The highest BCUT2D eigenvalue weighted by atomic mass is 35.5. The summed E-state index contributed by atoms with van der Waals surface area (Å²) in [5.41, 5.74) is 1.52. The number of aryl methyl sites for hydroxylation is 1. The van der Waals surface area contributed by atoms with Gasteiger partial charge in [0.1, 0.15) is 11.6 Å². The fourth-order valence-corrected chi connectivity index (χ4v) is 1.45. The van der Waals surface area contributed by atoms with Crippen LogP contribution in [0.4, 0.5) is 4.39 Å². The topological polar surface area (TPSA) is 25.8 Å². The van der Waals surface area contributed by atoms with Gasteiger partial charge < -0.3 is 0 Å². The van der Waals surface area contributed by atoms with Gasteiger partial charge in [0.15, 0.2) is 0 Å². The third-order valence-electron chi connectivity index (χ3n) is 1.99. The van der Waals surface area contributed by atoms with E-state index in [0.29, 0.717) is 5.82 Å². The molecule has 0 N–H and O–H groups in total. The summed E-state index contributed by atoms with van der Waals surface area (Å²) < 4.78 is 12.9. The quantitative estimate of drug-likeness (QED) is 0.740. The molecule has 0 atom stereocenters. The van der Waals surface area contributed by atoms with Gasteiger partial charge in [0, 0.05) is 11.8 Å². The molecular weight excluding hydrogens is 215 g/mol. The van der Waals surface area contributed by atoms with Crippen LogP contribution in [0, 0.1) is 12.7 Å². The molecule has 0 aliphatic carbocycles. The van der Waals surface area contributed by atoms with Crippen LogP contribution in [0.2, 0.25) is 5.02 Å². The minimum absolute atomic E-state index is 0.101. The van der Waals surface area contributed by atoms with E-state index >= 15 is 0 Å². The maximum absolute atomic E-state index is 12.9. The predicted octanol–water partition coefficient (Wildman–Crippen LogP) is 3.24. The zero-order valence-electron chi connectivity index (χ0n) is 8.04. The molecule has 4 heteroatoms. The Labute approximate surface area is 91.8 Å². The number of hydrogen-bond acceptors (Lipinski definition) is 2. The SMILES string of the molecule is Cc1nccc(-c2ccc(F)c(Cl)c2)n1. The molecule has 0 spiro atoms. The van der Waals surface area contributed by atoms with Gasteiger partial charge >= 0.3 is 0 Å². The lowest BCUT2D eigenvalue weighted by Gasteiger charge is -2.02. The minimum Gasteiger partial charge on any atom is -0.242 e. The molecule has 0 amide bonds. The Morgan fingerprint density at radius 2 is 2.07 bits per heavy atom. The molecule has 0 radical (unpaired) electrons. The Balaban J connectivity index is 2.50. The predicted molar refractivity (Wildman–Crippen MR) is 57.2 cm³/mol. The summed E-state index contributed by atoms with van der Waals surface area (Å²) >= 11 is 5.69. The smallest absolute Gasteiger partial charge is 0.141 e. The molecule has 15 heavy (non-hydrogen) atoms. The van der Waals surface area contributed by atoms with Crippen LogP contribution in [-0.4, -0.2) is 9.97 Å². The van der Waals surface area contributed by atoms with Gasteiger partial charge in [-0.05, 0) is 31.2 Å². The second-order valence-corrected chi connectivity index (χ2v) is 3.53. The number of nitrogens with zero attached hydrogens (tertiary/aromatic N) is 2. The van der Waals surface area contributed by atoms with Crippen molar-refractivity contribution in [3.63, 3.8) is 0 Å². The molecule has 0 saturated carbocycles. The Morgan fingerprint density at radius 3 is 2.73 bits per heavy atom. The minimum atomic E-state index is -0.425. The van der Waals surface area contributed by atoms with Gasteiger partial charge in [-0.25, -0.2) is 14.4 Å². The molecule has 0 aliphatic heterocycles. The first-order valence-electron chi connectivity index (χ1n) is 4.42. The first-order chi connectivity index (χ1) is 7.16. The van der Waals surface area contributed by atoms with Crippen LogP contribution in [0.1, 0.15) is 5.82 Å². The van der Waals surface area contributed by atoms with E-state index in [0.717, 1.165) is 11.3 Å². The average Bonchev–Trinajstić information content (AvgIpc) is 2.22. The molecule has 0 fully saturated rings. The van der Waals surface area contributed by atoms with E-state index in [1.165, 1.54) is 6.07 Å². The molecule has 76 valence electrons. The van der Waals surface area contributed by atoms with Gasteiger partial charge in [-0.15, -0.1) is 0 Å². The van der Waals surface area contributed by atoms with Crippen LogP contribution in [0.15, 0.2) is 30.5 Å². The number of halogens is 2. The Hall–Kier alpha value is -1.48. The van der Waals surface area contributed by atoms with E-state index in [4.69, 9.17) is 11.6 Å². The molecule has 1 aromatic carbocycles. The Kier molecular flexibility index (Phi) is 2.64. The lowest BCUT2D eigenvalue weighted by atomic mass is 10.1. The van der Waals surface area contributed by atoms with Gasteiger partial charge in [0.05, 0.1) is 10.7 Å². The van der Waals surface area contributed by atoms with E-state index in [-0.39, 0.29) is 5.02 Å². The van der Waals surface area contributed by atoms with Gasteiger partial charge in [-0.2, -0.15) is 0 Å². The Morgan fingerprint density at radius 1 is 1.27 bits per heavy atom. The molecule has 2 rings (SSSR count). The van der Waals surface area contributed by atoms with Crippen molar-refractivity contribution in [3.8, 4) is 11.3 Å². The summed E-state index contributed by atoms with van der Waals surface area (Å²) in [5.74, 6) is 0.249. The highest BCUT2D eigenvalue weighted by Crippen LogP contribution is 2.23. The molecule has 0 unspecified atom stereocenters. The monoisotopic (exact) mass is 222 g/mol. The fourth-order valence-electron chi connectivity index (χ4n) is 1.27. The third kappa shape index (κ3) is 2.13. The first kappa shape index (κ1) is 10.1. The molecule has 0 bridgehead atoms. The van der Waals surface area contributed by atoms with E-state index < -0.39 is 5.82 Å². The van der Waals surface area contributed by atoms with Gasteiger partial charge in [-0.1, -0.05) is 11.6 Å². The van der Waals surface area contributed by atoms with Crippen molar-refractivity contribution in [2.45, 2.75) is 6.92 Å². The maximum atomic E-state index is 12.9. The van der Waals surface area contributed by atoms with Crippen molar-refractivity contribution in [1.82, 2.24) is 9.97 Å². The average molecular weight is 223 g/mol. The number of benzene rings is 1. The standard InChI is InChI=1S/C11H8ClFN2/c1-7-14-5-4-11(15-7)8-2-3-10(13)9(12)6-8/h2-6H,1H3. The van der Waals surface area contributed by atoms with E-state index in [1.54, 1.807) is 31.3 Å². The van der Waals surface area contributed by atoms with Crippen molar-refractivity contribution in [2.24, 2.45) is 0 Å². The summed E-state index contributed by atoms with van der Waals surface area (Å²) in [4.78, 5) is 8.21. The van der Waals surface area contributed by atoms with Crippen molar-refractivity contribution in [1.29, 1.82) is 0 Å². The van der Waals surface area contributed by atoms with Gasteiger partial charge in [-0.3, -0.25) is 0 Å². The Bertz CT molecular complexity index is 500. The fraction of sp³-hybridized carbons (Fsp3) is 0.0909. The summed E-state index contributed by atoms with van der Waals surface area (Å²) in [5, 5.41) is 0.101. The van der Waals surface area contributed by atoms with E-state index in [1.807, 2.05) is 0 Å². The molecule has 0 saturated heterocycles. The van der Waals surface area contributed by atoms with E-state index in [9.17, 15) is 4.39 Å². The normalized spacial score (nSPS) is 10.3. The largest absolute Gasteiger partial charge is 0.242 e. The van der Waals surface area contributed by atoms with Crippen LogP contribution in [0.5, 0.6) is 0 Å². The summed E-state index contributed by atoms with van der Waals surface area (Å²) in [6, 6.07) is 6.29. The van der Waals surface area contributed by atoms with Crippen molar-refractivity contribution >= 4 is 11.6 Å². The zero-order valence-corrected chi connectivity index (χ0v) is 8.79.